The van der Waals surface area contributed by atoms with Gasteiger partial charge in [-0.2, -0.15) is 5.26 Å². The molecule has 0 aliphatic rings. The minimum absolute atomic E-state index is 0.287. The minimum Gasteiger partial charge on any atom is -0.497 e. The highest BCUT2D eigenvalue weighted by Crippen LogP contribution is 2.26. The molecule has 24 heavy (non-hydrogen) atoms. The van der Waals surface area contributed by atoms with Crippen molar-refractivity contribution in [2.45, 2.75) is 6.10 Å². The number of anilines is 1. The number of hydrogen-bond acceptors (Lipinski definition) is 5. The van der Waals surface area contributed by atoms with Gasteiger partial charge in [0.15, 0.2) is 0 Å². The van der Waals surface area contributed by atoms with Crippen molar-refractivity contribution in [3.63, 3.8) is 0 Å². The number of nitrogens with one attached hydrogen (secondary N) is 1. The molecule has 1 atom stereocenters. The van der Waals surface area contributed by atoms with E-state index in [1.54, 1.807) is 25.4 Å². The van der Waals surface area contributed by atoms with Crippen LogP contribution < -0.4 is 10.1 Å². The van der Waals surface area contributed by atoms with E-state index < -0.39 is 6.10 Å². The Morgan fingerprint density at radius 1 is 1.21 bits per heavy atom. The highest BCUT2D eigenvalue weighted by Gasteiger charge is 2.12. The highest BCUT2D eigenvalue weighted by atomic mass is 16.5. The molecule has 0 aliphatic carbocycles. The number of aliphatic hydroxyl groups excluding tert-OH is 1. The lowest BCUT2D eigenvalue weighted by atomic mass is 10.1. The van der Waals surface area contributed by atoms with Crippen molar-refractivity contribution in [2.75, 3.05) is 19.0 Å². The summed E-state index contributed by atoms with van der Waals surface area (Å²) in [5.41, 5.74) is 2.73. The zero-order valence-electron chi connectivity index (χ0n) is 13.2. The predicted molar refractivity (Wildman–Crippen MR) is 92.9 cm³/mol. The van der Waals surface area contributed by atoms with E-state index in [9.17, 15) is 10.4 Å². The average molecular weight is 319 g/mol. The van der Waals surface area contributed by atoms with Gasteiger partial charge >= 0.3 is 0 Å². The van der Waals surface area contributed by atoms with Gasteiger partial charge in [-0.25, -0.2) is 0 Å². The Morgan fingerprint density at radius 2 is 1.96 bits per heavy atom. The summed E-state index contributed by atoms with van der Waals surface area (Å²) in [4.78, 5) is 4.28. The molecular weight excluding hydrogens is 302 g/mol. The number of aliphatic hydroxyl groups is 1. The lowest BCUT2D eigenvalue weighted by Gasteiger charge is -2.16. The predicted octanol–water partition coefficient (Wildman–Crippen LogP) is 3.26. The molecule has 1 heterocycles. The van der Waals surface area contributed by atoms with Crippen molar-refractivity contribution in [1.82, 2.24) is 4.98 Å². The van der Waals surface area contributed by atoms with E-state index in [4.69, 9.17) is 4.74 Å². The average Bonchev–Trinajstić information content (AvgIpc) is 2.65. The Bertz CT molecular complexity index is 885. The second-order valence-electron chi connectivity index (χ2n) is 5.35. The summed E-state index contributed by atoms with van der Waals surface area (Å²) in [6.07, 6.45) is 0.846. The smallest absolute Gasteiger partial charge is 0.118 e. The van der Waals surface area contributed by atoms with E-state index >= 15 is 0 Å². The number of ether oxygens (including phenoxy) is 1. The van der Waals surface area contributed by atoms with Gasteiger partial charge in [0.05, 0.1) is 30.0 Å². The summed E-state index contributed by atoms with van der Waals surface area (Å²) < 4.78 is 5.12. The second kappa shape index (κ2) is 6.99. The third-order valence-corrected chi connectivity index (χ3v) is 3.87. The number of benzene rings is 2. The number of hydrogen-bond donors (Lipinski definition) is 2. The number of methoxy groups -OCH3 is 1. The number of nitrogens with zero attached hydrogens (tertiary/aromatic N) is 2. The van der Waals surface area contributed by atoms with Gasteiger partial charge < -0.3 is 15.2 Å². The fraction of sp³-hybridized carbons (Fsp3) is 0.158. The number of fused-ring (bicyclic) bond motifs is 1. The number of rotatable bonds is 5. The fourth-order valence-electron chi connectivity index (χ4n) is 2.56. The van der Waals surface area contributed by atoms with Gasteiger partial charge in [0.25, 0.3) is 0 Å². The van der Waals surface area contributed by atoms with Crippen molar-refractivity contribution >= 4 is 16.6 Å². The van der Waals surface area contributed by atoms with Gasteiger partial charge in [-0.1, -0.05) is 30.3 Å². The van der Waals surface area contributed by atoms with Crippen LogP contribution in [-0.4, -0.2) is 23.7 Å². The van der Waals surface area contributed by atoms with Crippen molar-refractivity contribution in [3.05, 3.63) is 65.9 Å². The largest absolute Gasteiger partial charge is 0.497 e. The summed E-state index contributed by atoms with van der Waals surface area (Å²) in [6.45, 7) is 0.287. The van der Waals surface area contributed by atoms with Crippen molar-refractivity contribution < 1.29 is 9.84 Å². The van der Waals surface area contributed by atoms with Crippen molar-refractivity contribution in [3.8, 4) is 11.8 Å². The van der Waals surface area contributed by atoms with E-state index in [0.29, 0.717) is 11.3 Å². The van der Waals surface area contributed by atoms with E-state index in [1.807, 2.05) is 36.4 Å². The highest BCUT2D eigenvalue weighted by molar-refractivity contribution is 5.93. The maximum Gasteiger partial charge on any atom is 0.118 e. The standard InChI is InChI=1S/C19H17N3O2/c1-24-15-8-6-13(7-9-15)18(23)12-22-19-14(10-20)11-21-17-5-3-2-4-16(17)19/h2-9,11,18,23H,12H2,1H3,(H,21,22). The molecule has 2 aromatic carbocycles. The van der Waals surface area contributed by atoms with Crippen LogP contribution in [0.4, 0.5) is 5.69 Å². The monoisotopic (exact) mass is 319 g/mol. The number of pyridine rings is 1. The SMILES string of the molecule is COc1ccc(C(O)CNc2c(C#N)cnc3ccccc23)cc1. The van der Waals surface area contributed by atoms with Crippen LogP contribution in [0, 0.1) is 11.3 Å². The van der Waals surface area contributed by atoms with E-state index in [-0.39, 0.29) is 6.54 Å². The lowest BCUT2D eigenvalue weighted by Crippen LogP contribution is -2.13. The third kappa shape index (κ3) is 3.14. The molecule has 0 spiro atoms. The normalized spacial score (nSPS) is 11.7. The van der Waals surface area contributed by atoms with Crippen LogP contribution in [0.25, 0.3) is 10.9 Å². The first-order chi connectivity index (χ1) is 11.7. The molecule has 5 heteroatoms. The van der Waals surface area contributed by atoms with Crippen LogP contribution in [0.2, 0.25) is 0 Å². The van der Waals surface area contributed by atoms with Crippen LogP contribution in [0.1, 0.15) is 17.2 Å². The van der Waals surface area contributed by atoms with Crippen molar-refractivity contribution in [1.29, 1.82) is 5.26 Å². The molecule has 3 aromatic rings. The summed E-state index contributed by atoms with van der Waals surface area (Å²) >= 11 is 0. The van der Waals surface area contributed by atoms with Gasteiger partial charge in [0.1, 0.15) is 11.8 Å². The maximum atomic E-state index is 10.4. The van der Waals surface area contributed by atoms with Gasteiger partial charge in [0.2, 0.25) is 0 Å². The zero-order valence-corrected chi connectivity index (χ0v) is 13.2. The minimum atomic E-state index is -0.700. The summed E-state index contributed by atoms with van der Waals surface area (Å²) in [5.74, 6) is 0.741. The fourth-order valence-corrected chi connectivity index (χ4v) is 2.56. The van der Waals surface area contributed by atoms with Crippen LogP contribution >= 0.6 is 0 Å². The van der Waals surface area contributed by atoms with E-state index in [2.05, 4.69) is 16.4 Å². The molecule has 0 saturated heterocycles. The molecular formula is C19H17N3O2. The van der Waals surface area contributed by atoms with E-state index in [1.165, 1.54) is 0 Å². The Morgan fingerprint density at radius 3 is 2.67 bits per heavy atom. The molecule has 0 aliphatic heterocycles. The molecule has 5 nitrogen and oxygen atoms in total. The molecule has 0 saturated carbocycles. The quantitative estimate of drug-likeness (QED) is 0.754. The van der Waals surface area contributed by atoms with Gasteiger partial charge in [0, 0.05) is 18.1 Å². The van der Waals surface area contributed by atoms with E-state index in [0.717, 1.165) is 22.2 Å². The molecule has 0 fully saturated rings. The first kappa shape index (κ1) is 15.8. The Kier molecular flexibility index (Phi) is 4.59. The molecule has 3 rings (SSSR count). The van der Waals surface area contributed by atoms with Crippen LogP contribution in [0.3, 0.4) is 0 Å². The molecule has 1 aromatic heterocycles. The molecule has 0 amide bonds. The van der Waals surface area contributed by atoms with Crippen LogP contribution in [-0.2, 0) is 0 Å². The summed E-state index contributed by atoms with van der Waals surface area (Å²) in [7, 11) is 1.60. The molecule has 2 N–H and O–H groups in total. The number of aromatic nitrogens is 1. The molecule has 0 bridgehead atoms. The Balaban J connectivity index is 1.83. The molecule has 0 radical (unpaired) electrons. The first-order valence-corrected chi connectivity index (χ1v) is 7.56. The summed E-state index contributed by atoms with van der Waals surface area (Å²) in [5, 5.41) is 23.7. The number of para-hydroxylation sites is 1. The van der Waals surface area contributed by atoms with Gasteiger partial charge in [-0.05, 0) is 23.8 Å². The molecule has 1 unspecified atom stereocenters. The van der Waals surface area contributed by atoms with Crippen LogP contribution in [0.15, 0.2) is 54.7 Å². The summed E-state index contributed by atoms with van der Waals surface area (Å²) in [6, 6.07) is 17.0. The van der Waals surface area contributed by atoms with Crippen molar-refractivity contribution in [2.24, 2.45) is 0 Å². The topological polar surface area (TPSA) is 78.2 Å². The van der Waals surface area contributed by atoms with Gasteiger partial charge in [-0.15, -0.1) is 0 Å². The Hall–Kier alpha value is -3.10. The molecule has 120 valence electrons. The van der Waals surface area contributed by atoms with Gasteiger partial charge in [-0.3, -0.25) is 4.98 Å². The first-order valence-electron chi connectivity index (χ1n) is 7.56. The van der Waals surface area contributed by atoms with Crippen LogP contribution in [0.5, 0.6) is 5.75 Å². The number of nitriles is 1. The zero-order chi connectivity index (χ0) is 16.9. The Labute approximate surface area is 140 Å². The third-order valence-electron chi connectivity index (χ3n) is 3.87. The lowest BCUT2D eigenvalue weighted by molar-refractivity contribution is 0.191. The second-order valence-corrected chi connectivity index (χ2v) is 5.35. The maximum absolute atomic E-state index is 10.4.